The van der Waals surface area contributed by atoms with E-state index in [1.807, 2.05) is 0 Å². The number of carbonyl (C=O) groups excluding carboxylic acids is 5. The summed E-state index contributed by atoms with van der Waals surface area (Å²) < 4.78 is 81.0. The van der Waals surface area contributed by atoms with Gasteiger partial charge in [-0.2, -0.15) is 0 Å². The summed E-state index contributed by atoms with van der Waals surface area (Å²) in [5.74, 6) is -16.3. The highest BCUT2D eigenvalue weighted by molar-refractivity contribution is 5.77. The highest BCUT2D eigenvalue weighted by atomic mass is 16.8. The van der Waals surface area contributed by atoms with Gasteiger partial charge in [0.2, 0.25) is 23.6 Å². The molecule has 7 aliphatic heterocycles. The predicted octanol–water partition coefficient (Wildman–Crippen LogP) is -19.4. The van der Waals surface area contributed by atoms with Gasteiger partial charge in [-0.3, -0.25) is 19.2 Å². The highest BCUT2D eigenvalue weighted by Gasteiger charge is 2.63. The van der Waals surface area contributed by atoms with Crippen LogP contribution in [0, 0.1) is 5.92 Å². The van der Waals surface area contributed by atoms with Gasteiger partial charge in [0, 0.05) is 46.5 Å². The van der Waals surface area contributed by atoms with Crippen molar-refractivity contribution in [3.05, 3.63) is 0 Å². The molecule has 7 heterocycles. The number of aliphatic hydroxyl groups is 24. The van der Waals surface area contributed by atoms with Crippen LogP contribution in [0.25, 0.3) is 0 Å². The second-order valence-corrected chi connectivity index (χ2v) is 27.9. The summed E-state index contributed by atoms with van der Waals surface area (Å²) in [5.41, 5.74) is 0. The zero-order valence-corrected chi connectivity index (χ0v) is 60.4. The summed E-state index contributed by atoms with van der Waals surface area (Å²) in [7, 11) is 0. The number of carboxylic acids is 2. The molecular weight excluding hydrogens is 1550 g/mol. The molecule has 0 aromatic carbocycles. The summed E-state index contributed by atoms with van der Waals surface area (Å²) >= 11 is 0. The maximum absolute atomic E-state index is 13.3. The third kappa shape index (κ3) is 21.7. The van der Waals surface area contributed by atoms with E-state index in [1.165, 1.54) is 0 Å². The van der Waals surface area contributed by atoms with E-state index in [0.29, 0.717) is 0 Å². The minimum absolute atomic E-state index is 0.252. The molecule has 41 unspecified atom stereocenters. The van der Waals surface area contributed by atoms with Crippen molar-refractivity contribution in [3.63, 3.8) is 0 Å². The molecule has 7 fully saturated rings. The first-order valence-electron chi connectivity index (χ1n) is 35.1. The van der Waals surface area contributed by atoms with E-state index in [1.54, 1.807) is 0 Å². The third-order valence-corrected chi connectivity index (χ3v) is 19.9. The van der Waals surface area contributed by atoms with Gasteiger partial charge in [0.15, 0.2) is 44.0 Å². The van der Waals surface area contributed by atoms with E-state index in [9.17, 15) is 166 Å². The molecule has 7 rings (SSSR count). The van der Waals surface area contributed by atoms with Gasteiger partial charge in [-0.1, -0.05) is 0 Å². The third-order valence-electron chi connectivity index (χ3n) is 19.9. The van der Waals surface area contributed by atoms with Gasteiger partial charge < -0.3 is 225 Å². The van der Waals surface area contributed by atoms with Crippen LogP contribution in [-0.4, -0.2) is 472 Å². The van der Waals surface area contributed by atoms with Crippen molar-refractivity contribution < 1.29 is 233 Å². The highest BCUT2D eigenvalue weighted by Crippen LogP contribution is 2.43. The van der Waals surface area contributed by atoms with Crippen molar-refractivity contribution in [2.45, 2.75) is 285 Å². The zero-order valence-electron chi connectivity index (χ0n) is 60.4. The molecule has 41 atom stereocenters. The Bertz CT molecular complexity index is 3090. The molecule has 0 saturated carbocycles. The van der Waals surface area contributed by atoms with Gasteiger partial charge in [0.05, 0.1) is 77.1 Å². The van der Waals surface area contributed by atoms with Crippen LogP contribution in [0.2, 0.25) is 0 Å². The van der Waals surface area contributed by atoms with Crippen LogP contribution < -0.4 is 21.3 Å². The van der Waals surface area contributed by atoms with Crippen molar-refractivity contribution in [3.8, 4) is 0 Å². The Morgan fingerprint density at radius 1 is 0.442 bits per heavy atom. The molecule has 0 spiro atoms. The number of amides is 4. The molecule has 0 aromatic heterocycles. The Balaban J connectivity index is 1.18. The first kappa shape index (κ1) is 95.1. The summed E-state index contributed by atoms with van der Waals surface area (Å²) in [5, 5.41) is 294. The normalized spacial score (nSPS) is 42.6. The van der Waals surface area contributed by atoms with Crippen LogP contribution in [0.4, 0.5) is 0 Å². The minimum atomic E-state index is -3.34. The fraction of sp³-hybridized carbons (Fsp3) is 0.887. The van der Waals surface area contributed by atoms with Crippen LogP contribution >= 0.6 is 0 Å². The van der Waals surface area contributed by atoms with Crippen LogP contribution in [-0.2, 0) is 99.9 Å². The number of aldehydes is 1. The Kier molecular flexibility index (Phi) is 34.6. The summed E-state index contributed by atoms with van der Waals surface area (Å²) in [6.45, 7) is -6.19. The van der Waals surface area contributed by atoms with Crippen LogP contribution in [0.15, 0.2) is 0 Å². The van der Waals surface area contributed by atoms with Crippen LogP contribution in [0.1, 0.15) is 40.5 Å². The monoisotopic (exact) mass is 1650 g/mol. The molecule has 7 aliphatic rings. The number of nitrogens with one attached hydrogen (secondary N) is 4. The van der Waals surface area contributed by atoms with Crippen molar-refractivity contribution in [2.75, 3.05) is 52.9 Å². The standard InChI is InChI=1S/C62H102N4O47/c1-16(74)63-31-20(35(83)22(79)7-67)5-62(60(98)99,113-53(31)95)112-52-40(88)27(12-72)103-58(46(52)94)109-49-34(66-19(4)77)55(102-26(11-71)39(49)87)110-51-41(89)29(105-57(45(51)93)107-47(25(82)10-70)36(84)23(80)8-68)14-100-54-33(65-18(3)76)42(90)48(28(13-73)104-54)108-56-44(92)43(91)38(86)30(106-56)15-101-61(59(96)97)6-21(78)32(64-17(2)75)50(111-61)37(85)24(81)9-69/h8,20-58,67,69-73,78-95H,5-7,9-15H2,1-4H3,(H,63,74)(H,64,75)(H,65,76)(H,66,77)(H,96,97)(H,98,99). The van der Waals surface area contributed by atoms with Crippen molar-refractivity contribution in [1.82, 2.24) is 21.3 Å². The Hall–Kier alpha value is -5.03. The number of carbonyl (C=O) groups is 7. The van der Waals surface area contributed by atoms with E-state index >= 15 is 0 Å². The van der Waals surface area contributed by atoms with Gasteiger partial charge in [-0.25, -0.2) is 9.59 Å². The molecule has 0 aromatic rings. The number of ether oxygens (including phenoxy) is 14. The topological polar surface area (TPSA) is 823 Å². The number of aliphatic carboxylic acids is 2. The molecular formula is C62H102N4O47. The number of hydrogen-bond acceptors (Lipinski definition) is 45. The SMILES string of the molecule is CC(=O)NC1C(OCC2OC(OC(C(O)CO)C(O)C(O)C=O)C(O)C(OC3OC(CO)C(O)C(OC4OC(CO)C(O)C(OC5(C(=O)O)CC(C(O)C(O)CO)C(NC(C)=O)C(O)O5)C4O)C3NC(C)=O)C2O)OC(CO)C(OC2OC(COC3(C(=O)O)CC(O)C(NC(C)=O)C(C(O)C(O)CO)O3)C(O)C(O)C2O)C1O. The summed E-state index contributed by atoms with van der Waals surface area (Å²) in [6, 6.07) is -7.54. The molecule has 0 bridgehead atoms. The molecule has 30 N–H and O–H groups in total. The second-order valence-electron chi connectivity index (χ2n) is 27.9. The van der Waals surface area contributed by atoms with Crippen LogP contribution in [0.3, 0.4) is 0 Å². The van der Waals surface area contributed by atoms with Crippen molar-refractivity contribution >= 4 is 41.9 Å². The molecule has 51 heteroatoms. The zero-order chi connectivity index (χ0) is 84.5. The first-order chi connectivity index (χ1) is 53.0. The molecule has 652 valence electrons. The van der Waals surface area contributed by atoms with Gasteiger partial charge in [0.25, 0.3) is 11.6 Å². The summed E-state index contributed by atoms with van der Waals surface area (Å²) in [4.78, 5) is 88.4. The van der Waals surface area contributed by atoms with Gasteiger partial charge in [-0.05, 0) is 0 Å². The molecule has 7 saturated heterocycles. The smallest absolute Gasteiger partial charge is 0.364 e. The van der Waals surface area contributed by atoms with Crippen molar-refractivity contribution in [2.24, 2.45) is 5.92 Å². The average Bonchev–Trinajstić information content (AvgIpc) is 0.765. The van der Waals surface area contributed by atoms with Crippen LogP contribution in [0.5, 0.6) is 0 Å². The molecule has 4 amide bonds. The first-order valence-corrected chi connectivity index (χ1v) is 35.1. The average molecular weight is 1660 g/mol. The number of rotatable bonds is 36. The lowest BCUT2D eigenvalue weighted by molar-refractivity contribution is -0.393. The van der Waals surface area contributed by atoms with E-state index in [0.717, 1.165) is 27.7 Å². The Morgan fingerprint density at radius 3 is 1.45 bits per heavy atom. The van der Waals surface area contributed by atoms with Gasteiger partial charge in [-0.15, -0.1) is 0 Å². The fourth-order valence-electron chi connectivity index (χ4n) is 14.0. The Labute approximate surface area is 638 Å². The van der Waals surface area contributed by atoms with E-state index < -0.39 is 352 Å². The maximum Gasteiger partial charge on any atom is 0.364 e. The number of hydrogen-bond donors (Lipinski definition) is 30. The Morgan fingerprint density at radius 2 is 0.903 bits per heavy atom. The largest absolute Gasteiger partial charge is 0.477 e. The lowest BCUT2D eigenvalue weighted by Crippen LogP contribution is -2.71. The van der Waals surface area contributed by atoms with E-state index in [4.69, 9.17) is 66.3 Å². The van der Waals surface area contributed by atoms with E-state index in [-0.39, 0.29) is 6.29 Å². The summed E-state index contributed by atoms with van der Waals surface area (Å²) in [6.07, 6.45) is -80.0. The fourth-order valence-corrected chi connectivity index (χ4v) is 14.0. The molecule has 0 radical (unpaired) electrons. The van der Waals surface area contributed by atoms with Crippen molar-refractivity contribution in [1.29, 1.82) is 0 Å². The number of carboxylic acid groups (broad SMARTS) is 2. The number of aliphatic hydroxyl groups excluding tert-OH is 24. The molecule has 0 aliphatic carbocycles. The second kappa shape index (κ2) is 41.1. The molecule has 51 nitrogen and oxygen atoms in total. The predicted molar refractivity (Wildman–Crippen MR) is 346 cm³/mol. The van der Waals surface area contributed by atoms with Gasteiger partial charge in [0.1, 0.15) is 171 Å². The molecule has 113 heavy (non-hydrogen) atoms. The minimum Gasteiger partial charge on any atom is -0.477 e. The maximum atomic E-state index is 13.3. The van der Waals surface area contributed by atoms with E-state index in [2.05, 4.69) is 21.3 Å². The quantitative estimate of drug-likeness (QED) is 0.0259. The lowest BCUT2D eigenvalue weighted by Gasteiger charge is -2.51. The van der Waals surface area contributed by atoms with Gasteiger partial charge >= 0.3 is 11.9 Å². The lowest BCUT2D eigenvalue weighted by atomic mass is 9.81.